The molecule has 0 fully saturated rings. The summed E-state index contributed by atoms with van der Waals surface area (Å²) >= 11 is -1.86. The molecule has 0 atom stereocenters. The molecule has 7 rings (SSSR count). The number of para-hydroxylation sites is 2. The number of hydrogen-bond acceptors (Lipinski definition) is 3. The van der Waals surface area contributed by atoms with E-state index < -0.39 is 18.7 Å². The summed E-state index contributed by atoms with van der Waals surface area (Å²) in [4.78, 5) is 15.5. The quantitative estimate of drug-likeness (QED) is 0.156. The van der Waals surface area contributed by atoms with Crippen LogP contribution in [0, 0.1) is 0 Å². The molecule has 5 heteroatoms. The number of fused-ring (bicyclic) bond motifs is 8. The Kier molecular flexibility index (Phi) is 5.62. The van der Waals surface area contributed by atoms with E-state index in [1.807, 2.05) is 6.07 Å². The molecule has 0 bridgehead atoms. The molecule has 196 valence electrons. The first-order valence-corrected chi connectivity index (χ1v) is 21.2. The Bertz CT molecular complexity index is 2060. The number of hydrogen-bond donors (Lipinski definition) is 0. The average molecular weight is 581 g/mol. The fraction of sp³-hybridized carbons (Fsp3) is 0.171. The summed E-state index contributed by atoms with van der Waals surface area (Å²) in [5.41, 5.74) is 8.86. The van der Waals surface area contributed by atoms with Gasteiger partial charge in [0.15, 0.2) is 0 Å². The summed E-state index contributed by atoms with van der Waals surface area (Å²) in [6.45, 7) is 4.44. The van der Waals surface area contributed by atoms with Crippen LogP contribution in [0.25, 0.3) is 49.7 Å². The molecule has 0 amide bonds. The first kappa shape index (κ1) is 25.0. The summed E-state index contributed by atoms with van der Waals surface area (Å²) in [6.07, 6.45) is 0. The van der Waals surface area contributed by atoms with Crippen LogP contribution >= 0.6 is 0 Å². The predicted molar refractivity (Wildman–Crippen MR) is 170 cm³/mol. The molecule has 0 aliphatic rings. The third kappa shape index (κ3) is 3.93. The molecule has 7 aromatic rings. The number of pyridine rings is 3. The van der Waals surface area contributed by atoms with Crippen molar-refractivity contribution in [2.45, 2.75) is 36.5 Å². The van der Waals surface area contributed by atoms with Gasteiger partial charge in [-0.25, -0.2) is 4.98 Å². The van der Waals surface area contributed by atoms with Gasteiger partial charge in [0.2, 0.25) is 0 Å². The first-order chi connectivity index (χ1) is 19.2. The summed E-state index contributed by atoms with van der Waals surface area (Å²) < 4.78 is 3.76. The molecule has 0 saturated carbocycles. The molecule has 0 aliphatic carbocycles. The topological polar surface area (TPSA) is 43.1 Å². The van der Waals surface area contributed by atoms with Gasteiger partial charge in [0.05, 0.1) is 11.0 Å². The third-order valence-corrected chi connectivity index (χ3v) is 12.5. The molecule has 0 unspecified atom stereocenters. The van der Waals surface area contributed by atoms with Crippen LogP contribution in [0.4, 0.5) is 0 Å². The number of benzene rings is 3. The molecule has 3 aromatic carbocycles. The van der Waals surface area contributed by atoms with E-state index in [2.05, 4.69) is 133 Å². The standard InChI is InChI=1S/C35H32GeN4/c1-35(2,31-16-10-14-27(37-31)23-17-19-24(20-18-23)36(3,4)5)32-22-21-30-33(39-32)25-11-6-7-12-26(25)34-38-28-13-8-9-15-29(28)40(30)34/h6-22H,1-5H3. The second-order valence-corrected chi connectivity index (χ2v) is 22.9. The first-order valence-electron chi connectivity index (χ1n) is 13.9. The van der Waals surface area contributed by atoms with Crippen LogP contribution in [0.2, 0.25) is 17.3 Å². The molecule has 4 nitrogen and oxygen atoms in total. The second kappa shape index (κ2) is 9.00. The van der Waals surface area contributed by atoms with Crippen LogP contribution in [0.3, 0.4) is 0 Å². The zero-order valence-corrected chi connectivity index (χ0v) is 25.7. The number of nitrogens with zero attached hydrogens (tertiary/aromatic N) is 4. The molecule has 40 heavy (non-hydrogen) atoms. The van der Waals surface area contributed by atoms with Crippen molar-refractivity contribution in [1.82, 2.24) is 19.4 Å². The van der Waals surface area contributed by atoms with E-state index in [9.17, 15) is 0 Å². The van der Waals surface area contributed by atoms with E-state index in [1.54, 1.807) is 0 Å². The van der Waals surface area contributed by atoms with Crippen LogP contribution in [-0.4, -0.2) is 32.6 Å². The Hall–Kier alpha value is -4.03. The average Bonchev–Trinajstić information content (AvgIpc) is 3.37. The van der Waals surface area contributed by atoms with Gasteiger partial charge in [-0.05, 0) is 12.1 Å². The third-order valence-electron chi connectivity index (χ3n) is 8.18. The van der Waals surface area contributed by atoms with E-state index in [0.29, 0.717) is 0 Å². The van der Waals surface area contributed by atoms with Crippen molar-refractivity contribution < 1.29 is 0 Å². The van der Waals surface area contributed by atoms with E-state index in [1.165, 1.54) is 4.40 Å². The van der Waals surface area contributed by atoms with Gasteiger partial charge in [-0.3, -0.25) is 4.40 Å². The molecule has 0 spiro atoms. The maximum atomic E-state index is 5.35. The van der Waals surface area contributed by atoms with Crippen molar-refractivity contribution in [1.29, 1.82) is 0 Å². The van der Waals surface area contributed by atoms with E-state index >= 15 is 0 Å². The molecule has 0 saturated heterocycles. The van der Waals surface area contributed by atoms with Crippen molar-refractivity contribution in [3.05, 3.63) is 115 Å². The zero-order valence-electron chi connectivity index (χ0n) is 23.6. The molecule has 4 heterocycles. The van der Waals surface area contributed by atoms with Crippen molar-refractivity contribution in [2.24, 2.45) is 0 Å². The number of aromatic nitrogens is 4. The van der Waals surface area contributed by atoms with Crippen LogP contribution in [0.15, 0.2) is 103 Å². The molecule has 0 radical (unpaired) electrons. The van der Waals surface area contributed by atoms with Gasteiger partial charge in [0.1, 0.15) is 5.65 Å². The molecule has 4 aromatic heterocycles. The minimum atomic E-state index is -1.86. The van der Waals surface area contributed by atoms with Gasteiger partial charge in [0.25, 0.3) is 0 Å². The summed E-state index contributed by atoms with van der Waals surface area (Å²) in [5.74, 6) is 7.28. The second-order valence-electron chi connectivity index (χ2n) is 12.2. The summed E-state index contributed by atoms with van der Waals surface area (Å²) in [6, 6.07) is 36.5. The molecular formula is C35H32GeN4. The van der Waals surface area contributed by atoms with Gasteiger partial charge in [-0.1, -0.05) is 36.4 Å². The van der Waals surface area contributed by atoms with Crippen LogP contribution in [-0.2, 0) is 5.41 Å². The minimum absolute atomic E-state index is 0.391. The van der Waals surface area contributed by atoms with E-state index in [-0.39, 0.29) is 0 Å². The molecular weight excluding hydrogens is 549 g/mol. The Balaban J connectivity index is 1.39. The monoisotopic (exact) mass is 582 g/mol. The Labute approximate surface area is 237 Å². The Morgan fingerprint density at radius 1 is 0.600 bits per heavy atom. The predicted octanol–water partition coefficient (Wildman–Crippen LogP) is 8.12. The SMILES string of the molecule is CC(C)(c1cccc(-c2cc[c]([Ge]([CH3])([CH3])[CH3])cc2)n1)c1ccc2c(n1)c1ccccc1c1nc3ccccc3n21. The maximum absolute atomic E-state index is 5.35. The van der Waals surface area contributed by atoms with Crippen molar-refractivity contribution in [2.75, 3.05) is 0 Å². The van der Waals surface area contributed by atoms with Gasteiger partial charge in [0, 0.05) is 5.39 Å². The van der Waals surface area contributed by atoms with Gasteiger partial charge < -0.3 is 0 Å². The molecule has 0 aliphatic heterocycles. The zero-order chi connectivity index (χ0) is 27.6. The van der Waals surface area contributed by atoms with Crippen molar-refractivity contribution in [3.8, 4) is 11.3 Å². The van der Waals surface area contributed by atoms with Gasteiger partial charge in [-0.2, -0.15) is 0 Å². The Morgan fingerprint density at radius 3 is 2.08 bits per heavy atom. The Morgan fingerprint density at radius 2 is 1.30 bits per heavy atom. The number of imidazole rings is 1. The van der Waals surface area contributed by atoms with E-state index in [4.69, 9.17) is 15.0 Å². The van der Waals surface area contributed by atoms with Crippen LogP contribution in [0.5, 0.6) is 0 Å². The van der Waals surface area contributed by atoms with Crippen LogP contribution in [0.1, 0.15) is 25.2 Å². The summed E-state index contributed by atoms with van der Waals surface area (Å²) in [7, 11) is 0. The minimum Gasteiger partial charge on any atom is -0.290 e. The normalized spacial score (nSPS) is 12.6. The molecule has 0 N–H and O–H groups in total. The number of rotatable bonds is 4. The fourth-order valence-corrected chi connectivity index (χ4v) is 8.18. The van der Waals surface area contributed by atoms with Crippen molar-refractivity contribution >= 4 is 56.1 Å². The van der Waals surface area contributed by atoms with Gasteiger partial charge in [-0.15, -0.1) is 0 Å². The van der Waals surface area contributed by atoms with Crippen LogP contribution < -0.4 is 4.40 Å². The van der Waals surface area contributed by atoms with Gasteiger partial charge >= 0.3 is 158 Å². The smallest absolute Gasteiger partial charge is 0.290 e. The summed E-state index contributed by atoms with van der Waals surface area (Å²) in [5, 5.41) is 2.22. The van der Waals surface area contributed by atoms with E-state index in [0.717, 1.165) is 61.1 Å². The van der Waals surface area contributed by atoms with Crippen molar-refractivity contribution in [3.63, 3.8) is 0 Å². The fourth-order valence-electron chi connectivity index (χ4n) is 5.73.